The van der Waals surface area contributed by atoms with Crippen molar-refractivity contribution in [3.8, 4) is 0 Å². The summed E-state index contributed by atoms with van der Waals surface area (Å²) in [7, 11) is 0. The van der Waals surface area contributed by atoms with Crippen molar-refractivity contribution in [1.82, 2.24) is 5.32 Å². The second-order valence-corrected chi connectivity index (χ2v) is 6.09. The number of amides is 1. The molecule has 0 aliphatic heterocycles. The van der Waals surface area contributed by atoms with Gasteiger partial charge in [0.2, 0.25) is 5.91 Å². The molecule has 4 heteroatoms. The summed E-state index contributed by atoms with van der Waals surface area (Å²) < 4.78 is 0.972. The van der Waals surface area contributed by atoms with E-state index in [1.165, 1.54) is 32.1 Å². The van der Waals surface area contributed by atoms with Gasteiger partial charge in [-0.15, -0.1) is 0 Å². The first kappa shape index (κ1) is 14.5. The summed E-state index contributed by atoms with van der Waals surface area (Å²) >= 11 is 3.39. The molecule has 2 rings (SSSR count). The first-order chi connectivity index (χ1) is 9.24. The smallest absolute Gasteiger partial charge is 0.238 e. The lowest BCUT2D eigenvalue weighted by molar-refractivity contribution is -0.115. The van der Waals surface area contributed by atoms with Gasteiger partial charge in [0.05, 0.1) is 6.54 Å². The molecule has 0 unspecified atom stereocenters. The summed E-state index contributed by atoms with van der Waals surface area (Å²) in [5.41, 5.74) is 0.831. The highest BCUT2D eigenvalue weighted by atomic mass is 79.9. The van der Waals surface area contributed by atoms with Crippen molar-refractivity contribution in [2.75, 3.05) is 18.4 Å². The van der Waals surface area contributed by atoms with Gasteiger partial charge in [-0.25, -0.2) is 0 Å². The molecule has 0 heterocycles. The number of benzene rings is 1. The van der Waals surface area contributed by atoms with Crippen LogP contribution in [-0.4, -0.2) is 19.0 Å². The highest BCUT2D eigenvalue weighted by Gasteiger charge is 2.14. The average Bonchev–Trinajstić information content (AvgIpc) is 2.88. The summed E-state index contributed by atoms with van der Waals surface area (Å²) in [6, 6.07) is 7.64. The fourth-order valence-corrected chi connectivity index (χ4v) is 2.98. The molecule has 0 bridgehead atoms. The highest BCUT2D eigenvalue weighted by molar-refractivity contribution is 9.10. The van der Waals surface area contributed by atoms with E-state index in [1.807, 2.05) is 24.3 Å². The van der Waals surface area contributed by atoms with Crippen molar-refractivity contribution in [3.63, 3.8) is 0 Å². The molecular weight excluding hydrogens is 304 g/mol. The molecule has 0 saturated heterocycles. The number of hydrogen-bond acceptors (Lipinski definition) is 2. The molecule has 1 aromatic rings. The van der Waals surface area contributed by atoms with Crippen LogP contribution in [0.3, 0.4) is 0 Å². The molecule has 0 radical (unpaired) electrons. The standard InChI is InChI=1S/C15H21BrN2O/c16-13-6-3-7-14(10-13)18-15(19)11-17-9-8-12-4-1-2-5-12/h3,6-7,10,12,17H,1-2,4-5,8-9,11H2,(H,18,19). The van der Waals surface area contributed by atoms with Crippen LogP contribution in [0.2, 0.25) is 0 Å². The molecule has 3 nitrogen and oxygen atoms in total. The van der Waals surface area contributed by atoms with E-state index >= 15 is 0 Å². The highest BCUT2D eigenvalue weighted by Crippen LogP contribution is 2.26. The zero-order valence-electron chi connectivity index (χ0n) is 11.1. The third-order valence-corrected chi connectivity index (χ3v) is 4.09. The normalized spacial score (nSPS) is 15.6. The second-order valence-electron chi connectivity index (χ2n) is 5.17. The minimum atomic E-state index is 0.0181. The number of rotatable bonds is 6. The van der Waals surface area contributed by atoms with Crippen LogP contribution in [-0.2, 0) is 4.79 Å². The lowest BCUT2D eigenvalue weighted by Gasteiger charge is -2.10. The predicted molar refractivity (Wildman–Crippen MR) is 82.2 cm³/mol. The number of nitrogens with one attached hydrogen (secondary N) is 2. The third-order valence-electron chi connectivity index (χ3n) is 3.60. The molecule has 1 amide bonds. The maximum Gasteiger partial charge on any atom is 0.238 e. The molecule has 1 aliphatic rings. The predicted octanol–water partition coefficient (Wildman–Crippen LogP) is 3.56. The van der Waals surface area contributed by atoms with Gasteiger partial charge in [0.1, 0.15) is 0 Å². The van der Waals surface area contributed by atoms with Gasteiger partial charge < -0.3 is 10.6 Å². The minimum absolute atomic E-state index is 0.0181. The van der Waals surface area contributed by atoms with E-state index in [0.29, 0.717) is 6.54 Å². The van der Waals surface area contributed by atoms with Crippen LogP contribution >= 0.6 is 15.9 Å². The molecule has 1 saturated carbocycles. The molecule has 2 N–H and O–H groups in total. The summed E-state index contributed by atoms with van der Waals surface area (Å²) in [5.74, 6) is 0.894. The maximum absolute atomic E-state index is 11.7. The SMILES string of the molecule is O=C(CNCCC1CCCC1)Nc1cccc(Br)c1. The number of carbonyl (C=O) groups excluding carboxylic acids is 1. The Morgan fingerprint density at radius 2 is 2.11 bits per heavy atom. The van der Waals surface area contributed by atoms with Gasteiger partial charge >= 0.3 is 0 Å². The summed E-state index contributed by atoms with van der Waals surface area (Å²) in [6.07, 6.45) is 6.70. The second kappa shape index (κ2) is 7.65. The molecule has 19 heavy (non-hydrogen) atoms. The van der Waals surface area contributed by atoms with Gasteiger partial charge in [0, 0.05) is 10.2 Å². The van der Waals surface area contributed by atoms with Crippen molar-refractivity contribution < 1.29 is 4.79 Å². The van der Waals surface area contributed by atoms with Gasteiger partial charge in [-0.2, -0.15) is 0 Å². The fraction of sp³-hybridized carbons (Fsp3) is 0.533. The Kier molecular flexibility index (Phi) is 5.86. The minimum Gasteiger partial charge on any atom is -0.325 e. The summed E-state index contributed by atoms with van der Waals surface area (Å²) in [4.78, 5) is 11.7. The van der Waals surface area contributed by atoms with Gasteiger partial charge in [-0.3, -0.25) is 4.79 Å². The Balaban J connectivity index is 1.61. The van der Waals surface area contributed by atoms with E-state index in [2.05, 4.69) is 26.6 Å². The molecular formula is C15H21BrN2O. The maximum atomic E-state index is 11.7. The fourth-order valence-electron chi connectivity index (χ4n) is 2.58. The number of hydrogen-bond donors (Lipinski definition) is 2. The van der Waals surface area contributed by atoms with Gasteiger partial charge in [0.15, 0.2) is 0 Å². The van der Waals surface area contributed by atoms with Gasteiger partial charge in [-0.05, 0) is 37.1 Å². The van der Waals surface area contributed by atoms with E-state index in [0.717, 1.165) is 22.6 Å². The lowest BCUT2D eigenvalue weighted by atomic mass is 10.0. The quantitative estimate of drug-likeness (QED) is 0.785. The van der Waals surface area contributed by atoms with Crippen molar-refractivity contribution in [3.05, 3.63) is 28.7 Å². The summed E-state index contributed by atoms with van der Waals surface area (Å²) in [6.45, 7) is 1.33. The van der Waals surface area contributed by atoms with E-state index < -0.39 is 0 Å². The van der Waals surface area contributed by atoms with Crippen LogP contribution in [0.25, 0.3) is 0 Å². The van der Waals surface area contributed by atoms with Crippen molar-refractivity contribution >= 4 is 27.5 Å². The van der Waals surface area contributed by atoms with E-state index in [9.17, 15) is 4.79 Å². The van der Waals surface area contributed by atoms with Crippen LogP contribution in [0.4, 0.5) is 5.69 Å². The Bertz CT molecular complexity index is 416. The van der Waals surface area contributed by atoms with Crippen molar-refractivity contribution in [1.29, 1.82) is 0 Å². The van der Waals surface area contributed by atoms with E-state index in [-0.39, 0.29) is 5.91 Å². The van der Waals surface area contributed by atoms with Crippen molar-refractivity contribution in [2.45, 2.75) is 32.1 Å². The van der Waals surface area contributed by atoms with Gasteiger partial charge in [-0.1, -0.05) is 47.7 Å². The lowest BCUT2D eigenvalue weighted by Crippen LogP contribution is -2.29. The largest absolute Gasteiger partial charge is 0.325 e. The number of anilines is 1. The Hall–Kier alpha value is -0.870. The molecule has 0 aromatic heterocycles. The average molecular weight is 325 g/mol. The van der Waals surface area contributed by atoms with Crippen LogP contribution in [0.15, 0.2) is 28.7 Å². The molecule has 1 aliphatic carbocycles. The Morgan fingerprint density at radius 3 is 2.84 bits per heavy atom. The molecule has 0 atom stereocenters. The van der Waals surface area contributed by atoms with Gasteiger partial charge in [0.25, 0.3) is 0 Å². The third kappa shape index (κ3) is 5.33. The monoisotopic (exact) mass is 324 g/mol. The number of halogens is 1. The molecule has 0 spiro atoms. The molecule has 104 valence electrons. The van der Waals surface area contributed by atoms with Crippen LogP contribution in [0.5, 0.6) is 0 Å². The van der Waals surface area contributed by atoms with Crippen molar-refractivity contribution in [2.24, 2.45) is 5.92 Å². The topological polar surface area (TPSA) is 41.1 Å². The van der Waals surface area contributed by atoms with Crippen LogP contribution in [0.1, 0.15) is 32.1 Å². The Labute approximate surface area is 123 Å². The zero-order chi connectivity index (χ0) is 13.5. The van der Waals surface area contributed by atoms with Crippen LogP contribution < -0.4 is 10.6 Å². The van der Waals surface area contributed by atoms with E-state index in [1.54, 1.807) is 0 Å². The summed E-state index contributed by atoms with van der Waals surface area (Å²) in [5, 5.41) is 6.10. The molecule has 1 fully saturated rings. The van der Waals surface area contributed by atoms with E-state index in [4.69, 9.17) is 0 Å². The Morgan fingerprint density at radius 1 is 1.32 bits per heavy atom. The zero-order valence-corrected chi connectivity index (χ0v) is 12.7. The first-order valence-electron chi connectivity index (χ1n) is 7.00. The number of carbonyl (C=O) groups is 1. The van der Waals surface area contributed by atoms with Crippen LogP contribution in [0, 0.1) is 5.92 Å². The first-order valence-corrected chi connectivity index (χ1v) is 7.79. The molecule has 1 aromatic carbocycles.